The van der Waals surface area contributed by atoms with Crippen molar-refractivity contribution in [2.45, 2.75) is 58.2 Å². The number of anilines is 1. The summed E-state index contributed by atoms with van der Waals surface area (Å²) in [6.07, 6.45) is 6.20. The standard InChI is InChI=1S/C35H38N8O3/c1-18-11-30(38-19(2)44)37-15-24(18)25-9-7-21-13-28(42(33(21)39-25)16-20-5-6-20)34-40-26-12-23(14-29(46-4)32(26)41(34)3)35(45)43-17-22-8-10-27(43)31(22)36/h7,9,11-15,20,22,27,31H,5-6,8,10,16-17,36H2,1-4H3,(H,37,38,44). The number of rotatable bonds is 7. The Morgan fingerprint density at radius 3 is 2.59 bits per heavy atom. The average molecular weight is 619 g/mol. The Kier molecular flexibility index (Phi) is 6.64. The van der Waals surface area contributed by atoms with Crippen LogP contribution in [0.4, 0.5) is 5.82 Å². The van der Waals surface area contributed by atoms with Crippen molar-refractivity contribution >= 4 is 39.7 Å². The number of piperidine rings is 1. The predicted octanol–water partition coefficient (Wildman–Crippen LogP) is 4.90. The maximum absolute atomic E-state index is 13.7. The molecule has 236 valence electrons. The van der Waals surface area contributed by atoms with Crippen LogP contribution in [0.25, 0.3) is 44.8 Å². The molecular formula is C35H38N8O3. The minimum absolute atomic E-state index is 0.00970. The van der Waals surface area contributed by atoms with Crippen LogP contribution in [0.15, 0.2) is 42.6 Å². The number of nitrogens with two attached hydrogens (primary N) is 1. The van der Waals surface area contributed by atoms with Crippen LogP contribution in [0.5, 0.6) is 5.75 Å². The summed E-state index contributed by atoms with van der Waals surface area (Å²) in [5.41, 5.74) is 13.1. The Labute approximate surface area is 266 Å². The van der Waals surface area contributed by atoms with Gasteiger partial charge in [-0.05, 0) is 86.4 Å². The lowest BCUT2D eigenvalue weighted by Gasteiger charge is -2.27. The molecule has 2 saturated carbocycles. The summed E-state index contributed by atoms with van der Waals surface area (Å²) < 4.78 is 10.2. The second kappa shape index (κ2) is 10.7. The van der Waals surface area contributed by atoms with E-state index in [0.717, 1.165) is 64.3 Å². The number of ether oxygens (including phenoxy) is 1. The van der Waals surface area contributed by atoms with E-state index in [0.29, 0.717) is 41.0 Å². The van der Waals surface area contributed by atoms with Gasteiger partial charge in [0.05, 0.1) is 24.0 Å². The van der Waals surface area contributed by atoms with Crippen LogP contribution < -0.4 is 15.8 Å². The fourth-order valence-electron chi connectivity index (χ4n) is 7.55. The number of nitrogens with one attached hydrogen (secondary N) is 1. The first-order chi connectivity index (χ1) is 22.2. The number of pyridine rings is 2. The number of amides is 2. The molecule has 0 spiro atoms. The number of carbonyl (C=O) groups excluding carboxylic acids is 2. The van der Waals surface area contributed by atoms with Crippen LogP contribution in [0.1, 0.15) is 48.5 Å². The third-order valence-corrected chi connectivity index (χ3v) is 10.1. The topological polar surface area (TPSA) is 133 Å². The molecule has 2 bridgehead atoms. The molecule has 11 heteroatoms. The van der Waals surface area contributed by atoms with E-state index in [4.69, 9.17) is 20.4 Å². The Hall–Kier alpha value is -4.77. The molecule has 3 atom stereocenters. The molecule has 0 radical (unpaired) electrons. The number of benzene rings is 1. The molecule has 3 N–H and O–H groups in total. The molecule has 1 aliphatic heterocycles. The maximum atomic E-state index is 13.7. The molecule has 5 aromatic rings. The van der Waals surface area contributed by atoms with Gasteiger partial charge in [0.15, 0.2) is 5.82 Å². The second-order valence-electron chi connectivity index (χ2n) is 13.2. The summed E-state index contributed by atoms with van der Waals surface area (Å²) in [7, 11) is 3.63. The van der Waals surface area contributed by atoms with E-state index in [1.807, 2.05) is 43.1 Å². The van der Waals surface area contributed by atoms with Gasteiger partial charge in [0.1, 0.15) is 22.7 Å². The lowest BCUT2D eigenvalue weighted by Crippen LogP contribution is -2.41. The lowest BCUT2D eigenvalue weighted by atomic mass is 10.1. The van der Waals surface area contributed by atoms with Crippen LogP contribution in [0.2, 0.25) is 0 Å². The van der Waals surface area contributed by atoms with Gasteiger partial charge in [-0.2, -0.15) is 0 Å². The Morgan fingerprint density at radius 2 is 1.91 bits per heavy atom. The third kappa shape index (κ3) is 4.63. The Balaban J connectivity index is 1.21. The summed E-state index contributed by atoms with van der Waals surface area (Å²) in [5.74, 6) is 2.74. The number of imidazole rings is 1. The van der Waals surface area contributed by atoms with E-state index in [1.165, 1.54) is 19.8 Å². The smallest absolute Gasteiger partial charge is 0.254 e. The van der Waals surface area contributed by atoms with Crippen molar-refractivity contribution in [3.8, 4) is 28.5 Å². The molecule has 1 aromatic carbocycles. The molecular weight excluding hydrogens is 580 g/mol. The largest absolute Gasteiger partial charge is 0.494 e. The molecule has 1 saturated heterocycles. The molecule has 3 aliphatic rings. The highest BCUT2D eigenvalue weighted by molar-refractivity contribution is 6.00. The molecule has 3 fully saturated rings. The van der Waals surface area contributed by atoms with E-state index in [2.05, 4.69) is 31.6 Å². The number of aromatic nitrogens is 5. The van der Waals surface area contributed by atoms with Crippen LogP contribution in [-0.4, -0.2) is 66.5 Å². The van der Waals surface area contributed by atoms with E-state index < -0.39 is 0 Å². The number of carbonyl (C=O) groups is 2. The highest BCUT2D eigenvalue weighted by Gasteiger charge is 2.47. The summed E-state index contributed by atoms with van der Waals surface area (Å²) in [6, 6.07) is 12.0. The monoisotopic (exact) mass is 618 g/mol. The van der Waals surface area contributed by atoms with E-state index in [1.54, 1.807) is 13.3 Å². The van der Waals surface area contributed by atoms with Crippen molar-refractivity contribution in [3.05, 3.63) is 53.7 Å². The zero-order valence-corrected chi connectivity index (χ0v) is 26.6. The molecule has 11 nitrogen and oxygen atoms in total. The second-order valence-corrected chi connectivity index (χ2v) is 13.2. The van der Waals surface area contributed by atoms with Crippen molar-refractivity contribution in [2.24, 2.45) is 24.6 Å². The number of aryl methyl sites for hydroxylation is 2. The zero-order chi connectivity index (χ0) is 31.9. The fourth-order valence-corrected chi connectivity index (χ4v) is 7.55. The number of fused-ring (bicyclic) bond motifs is 4. The molecule has 2 aliphatic carbocycles. The average Bonchev–Trinajstić information content (AvgIpc) is 3.44. The minimum Gasteiger partial charge on any atom is -0.494 e. The number of hydrogen-bond acceptors (Lipinski definition) is 7. The maximum Gasteiger partial charge on any atom is 0.254 e. The van der Waals surface area contributed by atoms with Gasteiger partial charge in [0.25, 0.3) is 5.91 Å². The number of likely N-dealkylation sites (tertiary alicyclic amines) is 1. The first kappa shape index (κ1) is 28.7. The SMILES string of the molecule is COc1cc(C(=O)N2CC3CCC2C3N)cc2nc(-c3cc4ccc(-c5cnc(NC(C)=O)cc5C)nc4n3CC3CC3)n(C)c12. The van der Waals surface area contributed by atoms with Gasteiger partial charge in [0.2, 0.25) is 5.91 Å². The quantitative estimate of drug-likeness (QED) is 0.265. The highest BCUT2D eigenvalue weighted by Crippen LogP contribution is 2.40. The predicted molar refractivity (Wildman–Crippen MR) is 177 cm³/mol. The van der Waals surface area contributed by atoms with Gasteiger partial charge in [-0.3, -0.25) is 9.59 Å². The van der Waals surface area contributed by atoms with E-state index >= 15 is 0 Å². The van der Waals surface area contributed by atoms with Gasteiger partial charge in [-0.25, -0.2) is 15.0 Å². The van der Waals surface area contributed by atoms with Crippen molar-refractivity contribution < 1.29 is 14.3 Å². The van der Waals surface area contributed by atoms with Gasteiger partial charge in [-0.15, -0.1) is 0 Å². The Bertz CT molecular complexity index is 2060. The van der Waals surface area contributed by atoms with E-state index in [-0.39, 0.29) is 23.9 Å². The highest BCUT2D eigenvalue weighted by atomic mass is 16.5. The van der Waals surface area contributed by atoms with Gasteiger partial charge in [-0.1, -0.05) is 0 Å². The number of hydrogen-bond donors (Lipinski definition) is 2. The molecule has 4 aromatic heterocycles. The van der Waals surface area contributed by atoms with Crippen LogP contribution in [0.3, 0.4) is 0 Å². The summed E-state index contributed by atoms with van der Waals surface area (Å²) in [5, 5.41) is 3.77. The summed E-state index contributed by atoms with van der Waals surface area (Å²) in [4.78, 5) is 42.0. The van der Waals surface area contributed by atoms with Crippen LogP contribution in [0, 0.1) is 18.8 Å². The molecule has 8 rings (SSSR count). The first-order valence-corrected chi connectivity index (χ1v) is 16.1. The molecule has 5 heterocycles. The lowest BCUT2D eigenvalue weighted by molar-refractivity contribution is -0.114. The fraction of sp³-hybridized carbons (Fsp3) is 0.400. The minimum atomic E-state index is -0.157. The first-order valence-electron chi connectivity index (χ1n) is 16.1. The zero-order valence-electron chi connectivity index (χ0n) is 26.6. The van der Waals surface area contributed by atoms with Crippen molar-refractivity contribution in [3.63, 3.8) is 0 Å². The van der Waals surface area contributed by atoms with Gasteiger partial charge in [0, 0.05) is 61.9 Å². The van der Waals surface area contributed by atoms with Gasteiger partial charge < -0.3 is 29.8 Å². The molecule has 2 amide bonds. The summed E-state index contributed by atoms with van der Waals surface area (Å²) >= 11 is 0. The van der Waals surface area contributed by atoms with E-state index in [9.17, 15) is 9.59 Å². The van der Waals surface area contributed by atoms with Crippen molar-refractivity contribution in [1.82, 2.24) is 29.0 Å². The molecule has 3 unspecified atom stereocenters. The summed E-state index contributed by atoms with van der Waals surface area (Å²) in [6.45, 7) is 5.02. The van der Waals surface area contributed by atoms with Crippen LogP contribution >= 0.6 is 0 Å². The normalized spacial score (nSPS) is 20.6. The third-order valence-electron chi connectivity index (χ3n) is 10.1. The van der Waals surface area contributed by atoms with Crippen molar-refractivity contribution in [2.75, 3.05) is 19.0 Å². The van der Waals surface area contributed by atoms with Crippen molar-refractivity contribution in [1.29, 1.82) is 0 Å². The number of methoxy groups -OCH3 is 1. The van der Waals surface area contributed by atoms with Gasteiger partial charge >= 0.3 is 0 Å². The van der Waals surface area contributed by atoms with Crippen LogP contribution in [-0.2, 0) is 18.4 Å². The Morgan fingerprint density at radius 1 is 1.09 bits per heavy atom. The number of nitrogens with zero attached hydrogens (tertiary/aromatic N) is 6. The molecule has 46 heavy (non-hydrogen) atoms.